The Morgan fingerprint density at radius 3 is 2.93 bits per heavy atom. The predicted octanol–water partition coefficient (Wildman–Crippen LogP) is 4.12. The molecule has 1 unspecified atom stereocenters. The molecule has 2 N–H and O–H groups in total. The summed E-state index contributed by atoms with van der Waals surface area (Å²) in [5.41, 5.74) is 1.72. The highest BCUT2D eigenvalue weighted by Crippen LogP contribution is 2.31. The maximum absolute atomic E-state index is 12.4. The lowest BCUT2D eigenvalue weighted by Crippen LogP contribution is -2.22. The molecule has 1 heterocycles. The van der Waals surface area contributed by atoms with Crippen LogP contribution in [0, 0.1) is 11.3 Å². The zero-order valence-corrected chi connectivity index (χ0v) is 16.6. The summed E-state index contributed by atoms with van der Waals surface area (Å²) < 4.78 is 5.33. The third kappa shape index (κ3) is 4.63. The number of nitrogens with zero attached hydrogens (tertiary/aromatic N) is 3. The standard InChI is InChI=1S/C19H16ClN5O2S/c1-11(18(26)22-14-5-3-4-12(8-14)10-21)28-19-23-17(24-25-19)15-9-13(20)6-7-16(15)27-2/h3-9,11H,1-2H3,(H,22,26)(H,23,24,25). The van der Waals surface area contributed by atoms with Crippen molar-refractivity contribution < 1.29 is 9.53 Å². The van der Waals surface area contributed by atoms with Gasteiger partial charge in [-0.3, -0.25) is 9.89 Å². The van der Waals surface area contributed by atoms with E-state index in [1.54, 1.807) is 56.5 Å². The smallest absolute Gasteiger partial charge is 0.237 e. The SMILES string of the molecule is COc1ccc(Cl)cc1-c1nc(SC(C)C(=O)Nc2cccc(C#N)c2)n[nH]1. The van der Waals surface area contributed by atoms with Crippen molar-refractivity contribution in [3.05, 3.63) is 53.1 Å². The molecular weight excluding hydrogens is 398 g/mol. The zero-order valence-electron chi connectivity index (χ0n) is 15.1. The monoisotopic (exact) mass is 413 g/mol. The molecule has 1 aromatic heterocycles. The number of thioether (sulfide) groups is 1. The predicted molar refractivity (Wildman–Crippen MR) is 108 cm³/mol. The number of aromatic nitrogens is 3. The second-order valence-corrected chi connectivity index (χ2v) is 7.50. The lowest BCUT2D eigenvalue weighted by atomic mass is 10.2. The molecule has 1 amide bonds. The highest BCUT2D eigenvalue weighted by Gasteiger charge is 2.19. The number of ether oxygens (including phenoxy) is 1. The topological polar surface area (TPSA) is 104 Å². The minimum absolute atomic E-state index is 0.216. The first-order valence-corrected chi connectivity index (χ1v) is 9.50. The van der Waals surface area contributed by atoms with Gasteiger partial charge >= 0.3 is 0 Å². The van der Waals surface area contributed by atoms with E-state index in [0.717, 1.165) is 0 Å². The third-order valence-electron chi connectivity index (χ3n) is 3.79. The molecule has 0 aliphatic rings. The van der Waals surface area contributed by atoms with Crippen LogP contribution in [0.4, 0.5) is 5.69 Å². The Morgan fingerprint density at radius 2 is 2.18 bits per heavy atom. The second-order valence-electron chi connectivity index (χ2n) is 5.75. The number of hydrogen-bond donors (Lipinski definition) is 2. The van der Waals surface area contributed by atoms with Crippen LogP contribution in [0.15, 0.2) is 47.6 Å². The van der Waals surface area contributed by atoms with E-state index < -0.39 is 5.25 Å². The van der Waals surface area contributed by atoms with Crippen molar-refractivity contribution in [3.63, 3.8) is 0 Å². The molecule has 0 aliphatic carbocycles. The summed E-state index contributed by atoms with van der Waals surface area (Å²) in [4.78, 5) is 16.8. The van der Waals surface area contributed by atoms with E-state index in [2.05, 4.69) is 20.5 Å². The van der Waals surface area contributed by atoms with Gasteiger partial charge in [-0.1, -0.05) is 29.4 Å². The highest BCUT2D eigenvalue weighted by molar-refractivity contribution is 8.00. The molecule has 3 rings (SSSR count). The number of aromatic amines is 1. The molecule has 0 saturated heterocycles. The molecular formula is C19H16ClN5O2S. The van der Waals surface area contributed by atoms with Crippen LogP contribution in [-0.4, -0.2) is 33.4 Å². The fourth-order valence-electron chi connectivity index (χ4n) is 2.41. The average Bonchev–Trinajstić information content (AvgIpc) is 3.16. The first-order valence-electron chi connectivity index (χ1n) is 8.24. The number of carbonyl (C=O) groups excluding carboxylic acids is 1. The van der Waals surface area contributed by atoms with Gasteiger partial charge in [0.15, 0.2) is 5.82 Å². The van der Waals surface area contributed by atoms with Gasteiger partial charge in [0.05, 0.1) is 29.6 Å². The van der Waals surface area contributed by atoms with Crippen molar-refractivity contribution in [2.24, 2.45) is 0 Å². The number of amides is 1. The van der Waals surface area contributed by atoms with E-state index >= 15 is 0 Å². The van der Waals surface area contributed by atoms with E-state index in [9.17, 15) is 4.79 Å². The van der Waals surface area contributed by atoms with Gasteiger partial charge in [-0.15, -0.1) is 5.10 Å². The number of anilines is 1. The Morgan fingerprint density at radius 1 is 1.36 bits per heavy atom. The largest absolute Gasteiger partial charge is 0.496 e. The Bertz CT molecular complexity index is 1050. The number of rotatable bonds is 6. The number of nitrogens with one attached hydrogen (secondary N) is 2. The van der Waals surface area contributed by atoms with Crippen LogP contribution in [0.25, 0.3) is 11.4 Å². The number of carbonyl (C=O) groups is 1. The molecule has 0 spiro atoms. The van der Waals surface area contributed by atoms with Gasteiger partial charge in [0.1, 0.15) is 5.75 Å². The summed E-state index contributed by atoms with van der Waals surface area (Å²) in [5.74, 6) is 0.892. The molecule has 0 bridgehead atoms. The number of benzene rings is 2. The van der Waals surface area contributed by atoms with E-state index in [1.807, 2.05) is 6.07 Å². The summed E-state index contributed by atoms with van der Waals surface area (Å²) in [5, 5.41) is 19.3. The lowest BCUT2D eigenvalue weighted by molar-refractivity contribution is -0.115. The maximum atomic E-state index is 12.4. The molecule has 0 fully saturated rings. The van der Waals surface area contributed by atoms with Crippen LogP contribution in [0.3, 0.4) is 0 Å². The molecule has 7 nitrogen and oxygen atoms in total. The van der Waals surface area contributed by atoms with Crippen LogP contribution >= 0.6 is 23.4 Å². The van der Waals surface area contributed by atoms with Crippen molar-refractivity contribution in [1.29, 1.82) is 5.26 Å². The number of halogens is 1. The Kier molecular flexibility index (Phi) is 6.19. The lowest BCUT2D eigenvalue weighted by Gasteiger charge is -2.10. The number of nitriles is 1. The molecule has 0 saturated carbocycles. The van der Waals surface area contributed by atoms with Crippen molar-refractivity contribution in [1.82, 2.24) is 15.2 Å². The van der Waals surface area contributed by atoms with Crippen LogP contribution in [0.1, 0.15) is 12.5 Å². The van der Waals surface area contributed by atoms with Gasteiger partial charge in [0.2, 0.25) is 11.1 Å². The minimum atomic E-state index is -0.448. The average molecular weight is 414 g/mol. The van der Waals surface area contributed by atoms with Crippen molar-refractivity contribution in [2.45, 2.75) is 17.3 Å². The second kappa shape index (κ2) is 8.78. The van der Waals surface area contributed by atoms with Crippen molar-refractivity contribution >= 4 is 35.0 Å². The molecule has 0 aliphatic heterocycles. The summed E-state index contributed by atoms with van der Waals surface area (Å²) in [6.07, 6.45) is 0. The van der Waals surface area contributed by atoms with Crippen LogP contribution < -0.4 is 10.1 Å². The molecule has 0 radical (unpaired) electrons. The highest BCUT2D eigenvalue weighted by atomic mass is 35.5. The van der Waals surface area contributed by atoms with Gasteiger partial charge in [0.25, 0.3) is 0 Å². The van der Waals surface area contributed by atoms with E-state index in [1.165, 1.54) is 11.8 Å². The first-order chi connectivity index (χ1) is 13.5. The molecule has 142 valence electrons. The fraction of sp³-hybridized carbons (Fsp3) is 0.158. The first kappa shape index (κ1) is 19.7. The number of methoxy groups -OCH3 is 1. The van der Waals surface area contributed by atoms with Gasteiger partial charge < -0.3 is 10.1 Å². The molecule has 3 aromatic rings. The number of H-pyrrole nitrogens is 1. The van der Waals surface area contributed by atoms with Gasteiger partial charge in [0, 0.05) is 10.7 Å². The van der Waals surface area contributed by atoms with E-state index in [0.29, 0.717) is 38.6 Å². The molecule has 9 heteroatoms. The maximum Gasteiger partial charge on any atom is 0.237 e. The normalized spacial score (nSPS) is 11.5. The van der Waals surface area contributed by atoms with Gasteiger partial charge in [-0.05, 0) is 43.3 Å². The summed E-state index contributed by atoms with van der Waals surface area (Å²) in [6, 6.07) is 14.0. The summed E-state index contributed by atoms with van der Waals surface area (Å²) >= 11 is 7.27. The Balaban J connectivity index is 1.70. The zero-order chi connectivity index (χ0) is 20.1. The molecule has 1 atom stereocenters. The quantitative estimate of drug-likeness (QED) is 0.589. The van der Waals surface area contributed by atoms with Crippen molar-refractivity contribution in [3.8, 4) is 23.2 Å². The van der Waals surface area contributed by atoms with Gasteiger partial charge in [-0.2, -0.15) is 5.26 Å². The molecule has 2 aromatic carbocycles. The summed E-state index contributed by atoms with van der Waals surface area (Å²) in [7, 11) is 1.56. The van der Waals surface area contributed by atoms with Crippen molar-refractivity contribution in [2.75, 3.05) is 12.4 Å². The van der Waals surface area contributed by atoms with E-state index in [-0.39, 0.29) is 5.91 Å². The van der Waals surface area contributed by atoms with Crippen LogP contribution in [0.2, 0.25) is 5.02 Å². The third-order valence-corrected chi connectivity index (χ3v) is 4.99. The van der Waals surface area contributed by atoms with E-state index in [4.69, 9.17) is 21.6 Å². The molecule has 28 heavy (non-hydrogen) atoms. The Hall–Kier alpha value is -3.02. The van der Waals surface area contributed by atoms with Crippen LogP contribution in [-0.2, 0) is 4.79 Å². The minimum Gasteiger partial charge on any atom is -0.496 e. The Labute approximate surface area is 171 Å². The van der Waals surface area contributed by atoms with Crippen LogP contribution in [0.5, 0.6) is 5.75 Å². The van der Waals surface area contributed by atoms with Gasteiger partial charge in [-0.25, -0.2) is 4.98 Å². The summed E-state index contributed by atoms with van der Waals surface area (Å²) in [6.45, 7) is 1.75. The fourth-order valence-corrected chi connectivity index (χ4v) is 3.30. The number of hydrogen-bond acceptors (Lipinski definition) is 6.